The van der Waals surface area contributed by atoms with Gasteiger partial charge in [-0.05, 0) is 30.2 Å². The monoisotopic (exact) mass is 260 g/mol. The van der Waals surface area contributed by atoms with Crippen molar-refractivity contribution in [3.8, 4) is 0 Å². The van der Waals surface area contributed by atoms with Crippen molar-refractivity contribution in [3.63, 3.8) is 0 Å². The molecule has 0 amide bonds. The molecule has 0 spiro atoms. The molecule has 0 saturated heterocycles. The first-order valence-electron chi connectivity index (χ1n) is 7.64. The van der Waals surface area contributed by atoms with E-state index in [1.807, 2.05) is 0 Å². The third kappa shape index (κ3) is 3.80. The molecule has 1 saturated carbocycles. The van der Waals surface area contributed by atoms with Crippen LogP contribution in [-0.4, -0.2) is 30.1 Å². The van der Waals surface area contributed by atoms with Crippen molar-refractivity contribution >= 4 is 0 Å². The number of hydrogen-bond acceptors (Lipinski definition) is 2. The molecule has 19 heavy (non-hydrogen) atoms. The number of hydrogen-bond donors (Lipinski definition) is 1. The van der Waals surface area contributed by atoms with Crippen LogP contribution in [0.25, 0.3) is 0 Å². The Morgan fingerprint density at radius 3 is 2.26 bits per heavy atom. The highest BCUT2D eigenvalue weighted by Gasteiger charge is 2.36. The average molecular weight is 260 g/mol. The molecule has 0 bridgehead atoms. The molecule has 2 unspecified atom stereocenters. The zero-order valence-corrected chi connectivity index (χ0v) is 12.5. The second-order valence-electron chi connectivity index (χ2n) is 6.32. The van der Waals surface area contributed by atoms with Gasteiger partial charge in [-0.2, -0.15) is 0 Å². The maximum Gasteiger partial charge on any atom is 0.0287 e. The molecule has 1 aromatic rings. The first kappa shape index (κ1) is 14.5. The van der Waals surface area contributed by atoms with Gasteiger partial charge in [-0.25, -0.2) is 0 Å². The van der Waals surface area contributed by atoms with E-state index in [9.17, 15) is 0 Å². The van der Waals surface area contributed by atoms with Gasteiger partial charge < -0.3 is 5.73 Å². The summed E-state index contributed by atoms with van der Waals surface area (Å²) in [5, 5.41) is 0. The van der Waals surface area contributed by atoms with E-state index >= 15 is 0 Å². The molecule has 2 atom stereocenters. The number of nitrogens with two attached hydrogens (primary N) is 1. The summed E-state index contributed by atoms with van der Waals surface area (Å²) in [4.78, 5) is 2.67. The molecular weight excluding hydrogens is 232 g/mol. The minimum absolute atomic E-state index is 0.470. The summed E-state index contributed by atoms with van der Waals surface area (Å²) >= 11 is 0. The Bertz CT molecular complexity index is 370. The van der Waals surface area contributed by atoms with Gasteiger partial charge in [0.2, 0.25) is 0 Å². The van der Waals surface area contributed by atoms with Gasteiger partial charge in [0.05, 0.1) is 0 Å². The largest absolute Gasteiger partial charge is 0.329 e. The molecule has 1 fully saturated rings. The fourth-order valence-electron chi connectivity index (χ4n) is 2.99. The third-order valence-corrected chi connectivity index (χ3v) is 4.16. The summed E-state index contributed by atoms with van der Waals surface area (Å²) in [7, 11) is 0. The lowest BCUT2D eigenvalue weighted by Gasteiger charge is -2.36. The van der Waals surface area contributed by atoms with E-state index in [2.05, 4.69) is 56.0 Å². The number of nitrogens with zero attached hydrogens (tertiary/aromatic N) is 1. The summed E-state index contributed by atoms with van der Waals surface area (Å²) in [6.07, 6.45) is 2.70. The molecule has 2 heteroatoms. The van der Waals surface area contributed by atoms with Crippen LogP contribution in [0.15, 0.2) is 30.3 Å². The van der Waals surface area contributed by atoms with E-state index in [4.69, 9.17) is 5.73 Å². The van der Waals surface area contributed by atoms with E-state index in [1.165, 1.54) is 24.9 Å². The molecule has 2 N–H and O–H groups in total. The Morgan fingerprint density at radius 2 is 1.79 bits per heavy atom. The van der Waals surface area contributed by atoms with Crippen molar-refractivity contribution in [1.29, 1.82) is 0 Å². The Hall–Kier alpha value is -0.860. The van der Waals surface area contributed by atoms with Crippen LogP contribution >= 0.6 is 0 Å². The van der Waals surface area contributed by atoms with Crippen molar-refractivity contribution in [2.75, 3.05) is 13.1 Å². The molecule has 1 aliphatic rings. The highest BCUT2D eigenvalue weighted by molar-refractivity contribution is 5.21. The molecular formula is C17H28N2. The first-order valence-corrected chi connectivity index (χ1v) is 7.64. The lowest BCUT2D eigenvalue weighted by Crippen LogP contribution is -2.46. The van der Waals surface area contributed by atoms with E-state index < -0.39 is 0 Å². The van der Waals surface area contributed by atoms with E-state index in [0.29, 0.717) is 17.9 Å². The van der Waals surface area contributed by atoms with Crippen LogP contribution in [0.2, 0.25) is 0 Å². The van der Waals surface area contributed by atoms with Gasteiger partial charge in [0.25, 0.3) is 0 Å². The van der Waals surface area contributed by atoms with E-state index in [-0.39, 0.29) is 0 Å². The highest BCUT2D eigenvalue weighted by atomic mass is 15.2. The van der Waals surface area contributed by atoms with Crippen LogP contribution in [-0.2, 0) is 0 Å². The summed E-state index contributed by atoms with van der Waals surface area (Å²) in [5.74, 6) is 1.21. The topological polar surface area (TPSA) is 29.3 Å². The molecule has 2 nitrogen and oxygen atoms in total. The Balaban J connectivity index is 2.12. The van der Waals surface area contributed by atoms with Crippen LogP contribution in [0.3, 0.4) is 0 Å². The minimum Gasteiger partial charge on any atom is -0.329 e. The van der Waals surface area contributed by atoms with Gasteiger partial charge in [-0.1, -0.05) is 51.1 Å². The predicted octanol–water partition coefficient (Wildman–Crippen LogP) is 3.24. The minimum atomic E-state index is 0.470. The zero-order chi connectivity index (χ0) is 13.8. The van der Waals surface area contributed by atoms with Gasteiger partial charge in [0.1, 0.15) is 0 Å². The lowest BCUT2D eigenvalue weighted by atomic mass is 9.91. The molecule has 0 heterocycles. The number of benzene rings is 1. The predicted molar refractivity (Wildman–Crippen MR) is 82.3 cm³/mol. The molecule has 0 aliphatic heterocycles. The molecule has 106 valence electrons. The van der Waals surface area contributed by atoms with Crippen molar-refractivity contribution in [1.82, 2.24) is 4.90 Å². The van der Waals surface area contributed by atoms with Crippen LogP contribution in [0.5, 0.6) is 0 Å². The van der Waals surface area contributed by atoms with Crippen LogP contribution in [0.1, 0.15) is 45.1 Å². The zero-order valence-electron chi connectivity index (χ0n) is 12.5. The van der Waals surface area contributed by atoms with E-state index in [0.717, 1.165) is 12.6 Å². The standard InChI is InChI=1S/C17H28N2/c1-13(2)12-19(16-9-10-16)17(11-18)14(3)15-7-5-4-6-8-15/h4-8,13-14,16-17H,9-12,18H2,1-3H3. The van der Waals surface area contributed by atoms with Crippen molar-refractivity contribution < 1.29 is 0 Å². The Morgan fingerprint density at radius 1 is 1.16 bits per heavy atom. The van der Waals surface area contributed by atoms with Crippen molar-refractivity contribution in [2.45, 2.75) is 51.6 Å². The number of rotatable bonds is 7. The highest BCUT2D eigenvalue weighted by Crippen LogP contribution is 2.33. The smallest absolute Gasteiger partial charge is 0.0287 e. The molecule has 0 radical (unpaired) electrons. The van der Waals surface area contributed by atoms with Gasteiger partial charge in [0.15, 0.2) is 0 Å². The molecule has 2 rings (SSSR count). The van der Waals surface area contributed by atoms with Crippen LogP contribution in [0, 0.1) is 5.92 Å². The summed E-state index contributed by atoms with van der Waals surface area (Å²) < 4.78 is 0. The Kier molecular flexibility index (Phi) is 5.00. The average Bonchev–Trinajstić information content (AvgIpc) is 3.23. The molecule has 0 aromatic heterocycles. The summed E-state index contributed by atoms with van der Waals surface area (Å²) in [6.45, 7) is 8.85. The van der Waals surface area contributed by atoms with Gasteiger partial charge in [-0.3, -0.25) is 4.90 Å². The Labute approximate surface area is 118 Å². The normalized spacial score (nSPS) is 18.8. The SMILES string of the molecule is CC(C)CN(C1CC1)C(CN)C(C)c1ccccc1. The van der Waals surface area contributed by atoms with Crippen molar-refractivity contribution in [3.05, 3.63) is 35.9 Å². The van der Waals surface area contributed by atoms with Gasteiger partial charge >= 0.3 is 0 Å². The van der Waals surface area contributed by atoms with Gasteiger partial charge in [0, 0.05) is 25.2 Å². The molecule has 1 aliphatic carbocycles. The summed E-state index contributed by atoms with van der Waals surface area (Å²) in [6, 6.07) is 12.0. The molecule has 1 aromatic carbocycles. The quantitative estimate of drug-likeness (QED) is 0.815. The third-order valence-electron chi connectivity index (χ3n) is 4.16. The maximum absolute atomic E-state index is 6.11. The lowest BCUT2D eigenvalue weighted by molar-refractivity contribution is 0.150. The first-order chi connectivity index (χ1) is 9.13. The second-order valence-corrected chi connectivity index (χ2v) is 6.32. The van der Waals surface area contributed by atoms with Crippen LogP contribution in [0.4, 0.5) is 0 Å². The fourth-order valence-corrected chi connectivity index (χ4v) is 2.99. The maximum atomic E-state index is 6.11. The fraction of sp³-hybridized carbons (Fsp3) is 0.647. The van der Waals surface area contributed by atoms with E-state index in [1.54, 1.807) is 0 Å². The second kappa shape index (κ2) is 6.53. The summed E-state index contributed by atoms with van der Waals surface area (Å²) in [5.41, 5.74) is 7.52. The van der Waals surface area contributed by atoms with Crippen LogP contribution < -0.4 is 5.73 Å². The van der Waals surface area contributed by atoms with Gasteiger partial charge in [-0.15, -0.1) is 0 Å². The van der Waals surface area contributed by atoms with Crippen molar-refractivity contribution in [2.24, 2.45) is 11.7 Å².